The topological polar surface area (TPSA) is 88.3 Å². The molecule has 7 nitrogen and oxygen atoms in total. The van der Waals surface area contributed by atoms with Crippen LogP contribution in [0.3, 0.4) is 0 Å². The Balaban J connectivity index is 1.97. The third kappa shape index (κ3) is 2.29. The van der Waals surface area contributed by atoms with Gasteiger partial charge in [0.25, 0.3) is 5.91 Å². The standard InChI is InChI=1S/C14H16N4O3S/c1-7-4-11(22-8(7)2)13(19)18-6-12-16-15-9(3)17(12)5-10(18)14(20)21/h4,10H,5-6H2,1-3H3,(H,20,21). The van der Waals surface area contributed by atoms with Gasteiger partial charge in [0.05, 0.1) is 18.0 Å². The van der Waals surface area contributed by atoms with Crippen molar-refractivity contribution in [2.24, 2.45) is 0 Å². The number of carbonyl (C=O) groups is 2. The molecule has 1 amide bonds. The average molecular weight is 320 g/mol. The van der Waals surface area contributed by atoms with Crippen LogP contribution >= 0.6 is 11.3 Å². The first-order valence-electron chi connectivity index (χ1n) is 6.88. The molecule has 2 aromatic heterocycles. The van der Waals surface area contributed by atoms with E-state index in [1.807, 2.05) is 19.9 Å². The van der Waals surface area contributed by atoms with Crippen molar-refractivity contribution < 1.29 is 14.7 Å². The van der Waals surface area contributed by atoms with Gasteiger partial charge in [-0.05, 0) is 32.4 Å². The van der Waals surface area contributed by atoms with Crippen LogP contribution in [0.5, 0.6) is 0 Å². The molecule has 0 aliphatic carbocycles. The highest BCUT2D eigenvalue weighted by Crippen LogP contribution is 2.26. The zero-order valence-electron chi connectivity index (χ0n) is 12.5. The maximum Gasteiger partial charge on any atom is 0.328 e. The fraction of sp³-hybridized carbons (Fsp3) is 0.429. The molecule has 0 spiro atoms. The number of fused-ring (bicyclic) bond motifs is 1. The van der Waals surface area contributed by atoms with Crippen LogP contribution in [-0.2, 0) is 17.9 Å². The molecule has 0 aromatic carbocycles. The lowest BCUT2D eigenvalue weighted by atomic mass is 10.1. The summed E-state index contributed by atoms with van der Waals surface area (Å²) >= 11 is 1.39. The molecular weight excluding hydrogens is 304 g/mol. The molecule has 1 N–H and O–H groups in total. The van der Waals surface area contributed by atoms with Gasteiger partial charge >= 0.3 is 5.97 Å². The number of carboxylic acid groups (broad SMARTS) is 1. The number of aliphatic carboxylic acids is 1. The summed E-state index contributed by atoms with van der Waals surface area (Å²) in [5.74, 6) is 0.00196. The highest BCUT2D eigenvalue weighted by Gasteiger charge is 2.37. The SMILES string of the molecule is Cc1cc(C(=O)N2Cc3nnc(C)n3CC2C(=O)O)sc1C. The van der Waals surface area contributed by atoms with Crippen LogP contribution < -0.4 is 0 Å². The Morgan fingerprint density at radius 1 is 1.32 bits per heavy atom. The Bertz CT molecular complexity index is 745. The number of aryl methyl sites for hydroxylation is 3. The Morgan fingerprint density at radius 3 is 2.64 bits per heavy atom. The maximum atomic E-state index is 12.7. The summed E-state index contributed by atoms with van der Waals surface area (Å²) in [5.41, 5.74) is 1.04. The smallest absolute Gasteiger partial charge is 0.328 e. The number of aromatic nitrogens is 3. The van der Waals surface area contributed by atoms with Crippen LogP contribution in [0.4, 0.5) is 0 Å². The number of thiophene rings is 1. The maximum absolute atomic E-state index is 12.7. The molecule has 22 heavy (non-hydrogen) atoms. The lowest BCUT2D eigenvalue weighted by Gasteiger charge is -2.33. The molecule has 1 unspecified atom stereocenters. The van der Waals surface area contributed by atoms with Gasteiger partial charge < -0.3 is 14.6 Å². The molecule has 0 radical (unpaired) electrons. The number of hydrogen-bond acceptors (Lipinski definition) is 5. The normalized spacial score (nSPS) is 17.4. The number of carboxylic acids is 1. The van der Waals surface area contributed by atoms with Gasteiger partial charge in [-0.2, -0.15) is 0 Å². The predicted molar refractivity (Wildman–Crippen MR) is 79.8 cm³/mol. The second-order valence-corrected chi connectivity index (χ2v) is 6.67. The molecule has 0 saturated heterocycles. The average Bonchev–Trinajstić information content (AvgIpc) is 3.00. The molecule has 1 aliphatic rings. The molecule has 0 fully saturated rings. The Kier molecular flexibility index (Phi) is 3.48. The molecule has 0 bridgehead atoms. The van der Waals surface area contributed by atoms with Crippen molar-refractivity contribution in [3.05, 3.63) is 33.0 Å². The van der Waals surface area contributed by atoms with Crippen molar-refractivity contribution in [3.8, 4) is 0 Å². The summed E-state index contributed by atoms with van der Waals surface area (Å²) in [6.07, 6.45) is 0. The van der Waals surface area contributed by atoms with Crippen LogP contribution in [-0.4, -0.2) is 42.7 Å². The molecular formula is C14H16N4O3S. The second-order valence-electron chi connectivity index (χ2n) is 5.41. The minimum Gasteiger partial charge on any atom is -0.480 e. The van der Waals surface area contributed by atoms with Crippen molar-refractivity contribution in [2.45, 2.75) is 39.9 Å². The van der Waals surface area contributed by atoms with E-state index >= 15 is 0 Å². The van der Waals surface area contributed by atoms with Gasteiger partial charge in [0.2, 0.25) is 0 Å². The molecule has 0 saturated carbocycles. The Hall–Kier alpha value is -2.22. The van der Waals surface area contributed by atoms with E-state index in [9.17, 15) is 14.7 Å². The largest absolute Gasteiger partial charge is 0.480 e. The van der Waals surface area contributed by atoms with Crippen molar-refractivity contribution in [3.63, 3.8) is 0 Å². The van der Waals surface area contributed by atoms with E-state index in [1.165, 1.54) is 16.2 Å². The lowest BCUT2D eigenvalue weighted by molar-refractivity contribution is -0.143. The minimum absolute atomic E-state index is 0.159. The molecule has 1 aliphatic heterocycles. The van der Waals surface area contributed by atoms with E-state index in [0.717, 1.165) is 10.4 Å². The zero-order chi connectivity index (χ0) is 16.0. The number of rotatable bonds is 2. The molecule has 2 aromatic rings. The third-order valence-corrected chi connectivity index (χ3v) is 5.12. The summed E-state index contributed by atoms with van der Waals surface area (Å²) in [5, 5.41) is 17.5. The molecule has 3 heterocycles. The van der Waals surface area contributed by atoms with Crippen LogP contribution in [0.1, 0.15) is 31.8 Å². The predicted octanol–water partition coefficient (Wildman–Crippen LogP) is 1.37. The summed E-state index contributed by atoms with van der Waals surface area (Å²) in [4.78, 5) is 27.3. The van der Waals surface area contributed by atoms with Gasteiger partial charge in [0, 0.05) is 4.88 Å². The van der Waals surface area contributed by atoms with Crippen molar-refractivity contribution in [1.29, 1.82) is 0 Å². The Morgan fingerprint density at radius 2 is 2.05 bits per heavy atom. The first-order chi connectivity index (χ1) is 10.4. The Labute approximate surface area is 131 Å². The lowest BCUT2D eigenvalue weighted by Crippen LogP contribution is -2.50. The molecule has 116 valence electrons. The summed E-state index contributed by atoms with van der Waals surface area (Å²) < 4.78 is 1.76. The first-order valence-corrected chi connectivity index (χ1v) is 7.69. The molecule has 1 atom stereocenters. The highest BCUT2D eigenvalue weighted by molar-refractivity contribution is 7.14. The molecule has 3 rings (SSSR count). The summed E-state index contributed by atoms with van der Waals surface area (Å²) in [6.45, 7) is 6.00. The molecule has 8 heteroatoms. The van der Waals surface area contributed by atoms with Gasteiger partial charge in [0.15, 0.2) is 5.82 Å². The monoisotopic (exact) mass is 320 g/mol. The van der Waals surface area contributed by atoms with Crippen LogP contribution in [0.25, 0.3) is 0 Å². The number of carbonyl (C=O) groups excluding carboxylic acids is 1. The van der Waals surface area contributed by atoms with E-state index in [0.29, 0.717) is 16.5 Å². The fourth-order valence-corrected chi connectivity index (χ4v) is 3.55. The van der Waals surface area contributed by atoms with Crippen LogP contribution in [0.15, 0.2) is 6.07 Å². The van der Waals surface area contributed by atoms with E-state index < -0.39 is 12.0 Å². The second kappa shape index (κ2) is 5.20. The van der Waals surface area contributed by atoms with Gasteiger partial charge in [-0.3, -0.25) is 4.79 Å². The zero-order valence-corrected chi connectivity index (χ0v) is 13.3. The van der Waals surface area contributed by atoms with E-state index in [2.05, 4.69) is 10.2 Å². The van der Waals surface area contributed by atoms with Gasteiger partial charge in [0.1, 0.15) is 11.9 Å². The van der Waals surface area contributed by atoms with Crippen LogP contribution in [0.2, 0.25) is 0 Å². The van der Waals surface area contributed by atoms with E-state index in [4.69, 9.17) is 0 Å². The first kappa shape index (κ1) is 14.7. The number of amides is 1. The van der Waals surface area contributed by atoms with Crippen molar-refractivity contribution >= 4 is 23.2 Å². The van der Waals surface area contributed by atoms with Crippen molar-refractivity contribution in [1.82, 2.24) is 19.7 Å². The summed E-state index contributed by atoms with van der Waals surface area (Å²) in [6, 6.07) is 0.906. The summed E-state index contributed by atoms with van der Waals surface area (Å²) in [7, 11) is 0. The minimum atomic E-state index is -1.02. The quantitative estimate of drug-likeness (QED) is 0.903. The van der Waals surface area contributed by atoms with E-state index in [1.54, 1.807) is 11.5 Å². The van der Waals surface area contributed by atoms with Gasteiger partial charge in [-0.25, -0.2) is 4.79 Å². The van der Waals surface area contributed by atoms with Gasteiger partial charge in [-0.1, -0.05) is 0 Å². The highest BCUT2D eigenvalue weighted by atomic mass is 32.1. The number of hydrogen-bond donors (Lipinski definition) is 1. The fourth-order valence-electron chi connectivity index (χ4n) is 2.56. The van der Waals surface area contributed by atoms with E-state index in [-0.39, 0.29) is 19.0 Å². The van der Waals surface area contributed by atoms with Crippen molar-refractivity contribution in [2.75, 3.05) is 0 Å². The van der Waals surface area contributed by atoms with Gasteiger partial charge in [-0.15, -0.1) is 21.5 Å². The third-order valence-electron chi connectivity index (χ3n) is 3.98. The number of nitrogens with zero attached hydrogens (tertiary/aromatic N) is 4. The van der Waals surface area contributed by atoms with Crippen LogP contribution in [0, 0.1) is 20.8 Å².